The Kier molecular flexibility index (Phi) is 5.64. The first kappa shape index (κ1) is 14.0. The summed E-state index contributed by atoms with van der Waals surface area (Å²) in [4.78, 5) is 0. The Bertz CT molecular complexity index is 168. The van der Waals surface area contributed by atoms with Crippen LogP contribution in [-0.2, 0) is 13.7 Å². The van der Waals surface area contributed by atoms with Gasteiger partial charge in [0, 0.05) is 0 Å². The molecule has 0 saturated carbocycles. The van der Waals surface area contributed by atoms with Crippen LogP contribution in [0.15, 0.2) is 0 Å². The highest BCUT2D eigenvalue weighted by Gasteiger charge is 2.46. The Morgan fingerprint density at radius 2 is 0.867 bits per heavy atom. The van der Waals surface area contributed by atoms with Gasteiger partial charge in [-0.1, -0.05) is 20.8 Å². The van der Waals surface area contributed by atoms with Crippen molar-refractivity contribution in [3.63, 3.8) is 0 Å². The summed E-state index contributed by atoms with van der Waals surface area (Å²) in [5.41, 5.74) is 0. The quantitative estimate of drug-likeness (QED) is 0.580. The maximum Gasteiger partial charge on any atom is 0.448 e. The topological polar surface area (TPSA) is 27.7 Å². The lowest BCUT2D eigenvalue weighted by molar-refractivity contribution is 0.276. The van der Waals surface area contributed by atoms with Gasteiger partial charge in [0.25, 0.3) is 0 Å². The first-order valence-electron chi connectivity index (χ1n) is 4.80. The van der Waals surface area contributed by atoms with Gasteiger partial charge in [0.15, 0.2) is 0 Å². The van der Waals surface area contributed by atoms with E-state index in [1.54, 1.807) is 20.8 Å². The molecule has 0 radical (unpaired) electrons. The third-order valence-corrected chi connectivity index (χ3v) is 2.55. The monoisotopic (exact) mass is 270 g/mol. The first-order chi connectivity index (χ1) is 6.91. The molecule has 15 heavy (non-hydrogen) atoms. The van der Waals surface area contributed by atoms with Crippen LogP contribution in [0.1, 0.15) is 20.8 Å². The molecule has 0 spiro atoms. The molecule has 1 fully saturated rings. The zero-order valence-electron chi connectivity index (χ0n) is 8.82. The van der Waals surface area contributed by atoms with E-state index in [1.807, 2.05) is 0 Å². The second-order valence-electron chi connectivity index (χ2n) is 3.55. The Balaban J connectivity index is 2.64. The molecule has 3 nitrogen and oxygen atoms in total. The second kappa shape index (κ2) is 6.03. The molecule has 1 heterocycles. The lowest BCUT2D eigenvalue weighted by Gasteiger charge is -2.33. The van der Waals surface area contributed by atoms with E-state index >= 15 is 0 Å². The number of hydrogen-bond donors (Lipinski definition) is 0. The van der Waals surface area contributed by atoms with E-state index in [1.165, 1.54) is 0 Å². The van der Waals surface area contributed by atoms with Crippen LogP contribution in [0.3, 0.4) is 0 Å². The van der Waals surface area contributed by atoms with Crippen LogP contribution in [0.4, 0.5) is 0 Å². The number of hydrogen-bond acceptors (Lipinski definition) is 3. The second-order valence-corrected chi connectivity index (χ2v) is 5.61. The summed E-state index contributed by atoms with van der Waals surface area (Å²) in [7, 11) is -1.63. The molecule has 0 aromatic heterocycles. The van der Waals surface area contributed by atoms with E-state index in [2.05, 4.69) is 0 Å². The average Bonchev–Trinajstić information content (AvgIpc) is 2.16. The van der Waals surface area contributed by atoms with Gasteiger partial charge in [-0.15, -0.1) is 34.8 Å². The summed E-state index contributed by atoms with van der Waals surface area (Å²) >= 11 is 17.7. The van der Waals surface area contributed by atoms with Gasteiger partial charge in [0.05, 0.1) is 15.8 Å². The van der Waals surface area contributed by atoms with E-state index in [4.69, 9.17) is 48.5 Å². The van der Waals surface area contributed by atoms with E-state index < -0.39 is 21.4 Å². The molecule has 1 aliphatic heterocycles. The predicted octanol–water partition coefficient (Wildman–Crippen LogP) is 2.01. The predicted molar refractivity (Wildman–Crippen MR) is 66.5 cm³/mol. The largest absolute Gasteiger partial charge is 0.451 e. The minimum absolute atomic E-state index is 0.287. The van der Waals surface area contributed by atoms with Crippen molar-refractivity contribution in [1.29, 1.82) is 0 Å². The molecular formula is C6H12B3Cl3O3. The van der Waals surface area contributed by atoms with Crippen LogP contribution in [0.2, 0.25) is 0 Å². The van der Waals surface area contributed by atoms with Crippen LogP contribution in [0.25, 0.3) is 0 Å². The van der Waals surface area contributed by atoms with Crippen LogP contribution in [0.5, 0.6) is 0 Å². The molecule has 3 atom stereocenters. The van der Waals surface area contributed by atoms with Crippen molar-refractivity contribution in [3.8, 4) is 0 Å². The van der Waals surface area contributed by atoms with Crippen LogP contribution >= 0.6 is 34.8 Å². The molecule has 84 valence electrons. The fraction of sp³-hybridized carbons (Fsp3) is 1.00. The molecule has 0 aliphatic carbocycles. The average molecular weight is 271 g/mol. The molecule has 0 amide bonds. The maximum atomic E-state index is 5.90. The highest BCUT2D eigenvalue weighted by atomic mass is 35.5. The maximum absolute atomic E-state index is 5.90. The van der Waals surface area contributed by atoms with E-state index in [-0.39, 0.29) is 15.8 Å². The van der Waals surface area contributed by atoms with Crippen LogP contribution < -0.4 is 0 Å². The van der Waals surface area contributed by atoms with Gasteiger partial charge in [0.2, 0.25) is 0 Å². The van der Waals surface area contributed by atoms with Gasteiger partial charge < -0.3 is 13.7 Å². The van der Waals surface area contributed by atoms with Gasteiger partial charge in [-0.3, -0.25) is 0 Å². The normalized spacial score (nSPS) is 24.0. The molecule has 0 N–H and O–H groups in total. The van der Waals surface area contributed by atoms with Crippen molar-refractivity contribution in [3.05, 3.63) is 0 Å². The van der Waals surface area contributed by atoms with Gasteiger partial charge in [-0.25, -0.2) is 0 Å². The SMILES string of the molecule is CC(Cl)B1OB(C(C)Cl)OB(C(C)Cl)O1. The molecule has 1 saturated heterocycles. The molecule has 1 aliphatic rings. The van der Waals surface area contributed by atoms with Crippen LogP contribution in [-0.4, -0.2) is 37.2 Å². The summed E-state index contributed by atoms with van der Waals surface area (Å²) in [5.74, 6) is 0. The Morgan fingerprint density at radius 1 is 0.667 bits per heavy atom. The molecule has 0 aromatic carbocycles. The number of rotatable bonds is 3. The molecule has 0 aromatic rings. The third kappa shape index (κ3) is 4.02. The summed E-state index contributed by atoms with van der Waals surface area (Å²) in [6, 6.07) is 0. The Morgan fingerprint density at radius 3 is 1.00 bits per heavy atom. The van der Waals surface area contributed by atoms with Crippen molar-refractivity contribution >= 4 is 56.2 Å². The van der Waals surface area contributed by atoms with Gasteiger partial charge in [0.1, 0.15) is 0 Å². The molecule has 3 unspecified atom stereocenters. The summed E-state index contributed by atoms with van der Waals surface area (Å²) in [5, 5.41) is -0.862. The third-order valence-electron chi connectivity index (χ3n) is 1.93. The van der Waals surface area contributed by atoms with Crippen molar-refractivity contribution in [1.82, 2.24) is 0 Å². The number of halogens is 3. The van der Waals surface area contributed by atoms with Crippen molar-refractivity contribution in [2.45, 2.75) is 36.6 Å². The van der Waals surface area contributed by atoms with Gasteiger partial charge in [-0.05, 0) is 0 Å². The van der Waals surface area contributed by atoms with E-state index in [0.29, 0.717) is 0 Å². The summed E-state index contributed by atoms with van der Waals surface area (Å²) in [6.45, 7) is 5.34. The van der Waals surface area contributed by atoms with E-state index in [0.717, 1.165) is 0 Å². The highest BCUT2D eigenvalue weighted by Crippen LogP contribution is 2.20. The van der Waals surface area contributed by atoms with Gasteiger partial charge >= 0.3 is 21.4 Å². The van der Waals surface area contributed by atoms with Crippen LogP contribution in [0, 0.1) is 0 Å². The van der Waals surface area contributed by atoms with E-state index in [9.17, 15) is 0 Å². The molecule has 1 rings (SSSR count). The summed E-state index contributed by atoms with van der Waals surface area (Å²) in [6.07, 6.45) is 0. The number of alkyl halides is 3. The minimum atomic E-state index is -0.544. The molecular weight excluding hydrogens is 259 g/mol. The fourth-order valence-corrected chi connectivity index (χ4v) is 1.50. The lowest BCUT2D eigenvalue weighted by atomic mass is 9.65. The molecule has 0 bridgehead atoms. The van der Waals surface area contributed by atoms with Crippen molar-refractivity contribution in [2.75, 3.05) is 0 Å². The first-order valence-corrected chi connectivity index (χ1v) is 6.11. The lowest BCUT2D eigenvalue weighted by Crippen LogP contribution is -2.57. The Labute approximate surface area is 106 Å². The smallest absolute Gasteiger partial charge is 0.448 e. The van der Waals surface area contributed by atoms with Gasteiger partial charge in [-0.2, -0.15) is 0 Å². The fourth-order valence-electron chi connectivity index (χ4n) is 1.14. The zero-order valence-corrected chi connectivity index (χ0v) is 11.1. The Hall–Kier alpha value is 0.945. The molecule has 9 heteroatoms. The van der Waals surface area contributed by atoms with Crippen molar-refractivity contribution < 1.29 is 13.7 Å². The minimum Gasteiger partial charge on any atom is -0.451 e. The highest BCUT2D eigenvalue weighted by molar-refractivity contribution is 6.82. The zero-order chi connectivity index (χ0) is 11.6. The standard InChI is InChI=1S/C6H12B3Cl3O3/c1-4(10)7-13-8(5(2)11)15-9(14-7)6(3)12/h4-6H,1-3H3. The summed E-state index contributed by atoms with van der Waals surface area (Å²) < 4.78 is 16.3. The van der Waals surface area contributed by atoms with Crippen molar-refractivity contribution in [2.24, 2.45) is 0 Å².